The van der Waals surface area contributed by atoms with Gasteiger partial charge in [0.05, 0.1) is 12.4 Å². The maximum atomic E-state index is 13.5. The summed E-state index contributed by atoms with van der Waals surface area (Å²) in [5.74, 6) is 1.35. The van der Waals surface area contributed by atoms with Crippen LogP contribution in [0, 0.1) is 5.82 Å². The zero-order valence-electron chi connectivity index (χ0n) is 17.0. The minimum atomic E-state index is -0.230. The summed E-state index contributed by atoms with van der Waals surface area (Å²) >= 11 is 3.11. The fourth-order valence-electron chi connectivity index (χ4n) is 2.58. The average molecular weight is 437 g/mol. The molecule has 0 spiro atoms. The van der Waals surface area contributed by atoms with Gasteiger partial charge >= 0.3 is 0 Å². The lowest BCUT2D eigenvalue weighted by atomic mass is 10.2. The van der Waals surface area contributed by atoms with Gasteiger partial charge in [-0.2, -0.15) is 0 Å². The third-order valence-corrected chi connectivity index (χ3v) is 6.15. The van der Waals surface area contributed by atoms with Crippen LogP contribution in [0.2, 0.25) is 0 Å². The first kappa shape index (κ1) is 23.4. The van der Waals surface area contributed by atoms with Crippen molar-refractivity contribution in [3.63, 3.8) is 0 Å². The van der Waals surface area contributed by atoms with E-state index < -0.39 is 0 Å². The van der Waals surface area contributed by atoms with Crippen LogP contribution in [0.5, 0.6) is 5.75 Å². The Kier molecular flexibility index (Phi) is 10.8. The van der Waals surface area contributed by atoms with Crippen molar-refractivity contribution in [2.75, 3.05) is 25.4 Å². The Bertz CT molecular complexity index is 776. The predicted octanol–water partition coefficient (Wildman–Crippen LogP) is 5.06. The summed E-state index contributed by atoms with van der Waals surface area (Å²) in [6.07, 6.45) is 4.24. The number of hydrogen-bond acceptors (Lipinski definition) is 5. The van der Waals surface area contributed by atoms with Crippen LogP contribution >= 0.6 is 23.1 Å². The van der Waals surface area contributed by atoms with Crippen LogP contribution in [0.4, 0.5) is 4.39 Å². The number of hydrogen-bond donors (Lipinski definition) is 1. The topological polar surface area (TPSA) is 41.6 Å². The summed E-state index contributed by atoms with van der Waals surface area (Å²) in [5.41, 5.74) is 0.617. The molecular formula is C22H29FN2O2S2. The molecule has 0 aliphatic heterocycles. The van der Waals surface area contributed by atoms with E-state index in [0.717, 1.165) is 25.4 Å². The molecule has 2 aromatic rings. The third kappa shape index (κ3) is 9.02. The molecule has 0 aliphatic rings. The van der Waals surface area contributed by atoms with E-state index in [1.807, 2.05) is 11.5 Å². The van der Waals surface area contributed by atoms with Crippen LogP contribution in [0.1, 0.15) is 30.7 Å². The van der Waals surface area contributed by atoms with Crippen LogP contribution < -0.4 is 10.1 Å². The lowest BCUT2D eigenvalue weighted by Gasteiger charge is -2.16. The molecule has 2 rings (SSSR count). The lowest BCUT2D eigenvalue weighted by Crippen LogP contribution is -2.21. The molecule has 0 bridgehead atoms. The van der Waals surface area contributed by atoms with Gasteiger partial charge in [-0.25, -0.2) is 4.39 Å². The van der Waals surface area contributed by atoms with Gasteiger partial charge in [0.1, 0.15) is 11.6 Å². The van der Waals surface area contributed by atoms with E-state index in [2.05, 4.69) is 30.1 Å². The second-order valence-corrected chi connectivity index (χ2v) is 8.38. The number of thiophene rings is 1. The van der Waals surface area contributed by atoms with Gasteiger partial charge in [0.15, 0.2) is 0 Å². The van der Waals surface area contributed by atoms with Crippen molar-refractivity contribution in [1.82, 2.24) is 10.2 Å². The summed E-state index contributed by atoms with van der Waals surface area (Å²) in [4.78, 5) is 15.5. The van der Waals surface area contributed by atoms with E-state index >= 15 is 0 Å². The molecule has 1 heterocycles. The van der Waals surface area contributed by atoms with Gasteiger partial charge in [-0.3, -0.25) is 9.69 Å². The molecule has 0 saturated carbocycles. The summed E-state index contributed by atoms with van der Waals surface area (Å²) < 4.78 is 19.3. The molecule has 29 heavy (non-hydrogen) atoms. The monoisotopic (exact) mass is 436 g/mol. The van der Waals surface area contributed by atoms with Crippen LogP contribution in [-0.2, 0) is 17.1 Å². The first-order valence-corrected chi connectivity index (χ1v) is 11.8. The number of ether oxygens (including phenoxy) is 1. The number of halogens is 1. The van der Waals surface area contributed by atoms with Gasteiger partial charge in [-0.05, 0) is 37.0 Å². The van der Waals surface area contributed by atoms with Crippen molar-refractivity contribution >= 4 is 29.0 Å². The highest BCUT2D eigenvalue weighted by molar-refractivity contribution is 7.99. The maximum absolute atomic E-state index is 13.5. The number of carbonyl (C=O) groups excluding carboxylic acids is 1. The number of nitrogens with one attached hydrogen (secondary N) is 1. The highest BCUT2D eigenvalue weighted by Crippen LogP contribution is 2.23. The van der Waals surface area contributed by atoms with Crippen molar-refractivity contribution in [1.29, 1.82) is 0 Å². The molecule has 7 heteroatoms. The van der Waals surface area contributed by atoms with E-state index in [1.54, 1.807) is 35.7 Å². The van der Waals surface area contributed by atoms with Crippen LogP contribution in [0.3, 0.4) is 0 Å². The van der Waals surface area contributed by atoms with Crippen molar-refractivity contribution < 1.29 is 13.9 Å². The number of rotatable bonds is 13. The minimum Gasteiger partial charge on any atom is -0.492 e. The van der Waals surface area contributed by atoms with Crippen LogP contribution in [0.15, 0.2) is 48.0 Å². The Morgan fingerprint density at radius 2 is 2.10 bits per heavy atom. The van der Waals surface area contributed by atoms with Gasteiger partial charge in [-0.1, -0.05) is 38.1 Å². The molecule has 0 atom stereocenters. The Hall–Kier alpha value is -1.83. The van der Waals surface area contributed by atoms with E-state index in [-0.39, 0.29) is 11.7 Å². The largest absolute Gasteiger partial charge is 0.492 e. The van der Waals surface area contributed by atoms with Gasteiger partial charge < -0.3 is 10.1 Å². The minimum absolute atomic E-state index is 0.0950. The highest BCUT2D eigenvalue weighted by atomic mass is 32.2. The van der Waals surface area contributed by atoms with E-state index in [4.69, 9.17) is 4.74 Å². The second-order valence-electron chi connectivity index (χ2n) is 6.40. The predicted molar refractivity (Wildman–Crippen MR) is 121 cm³/mol. The molecule has 0 radical (unpaired) electrons. The number of amides is 1. The average Bonchev–Trinajstić information content (AvgIpc) is 3.17. The van der Waals surface area contributed by atoms with E-state index in [9.17, 15) is 9.18 Å². The summed E-state index contributed by atoms with van der Waals surface area (Å²) in [5, 5.41) is 4.77. The Morgan fingerprint density at radius 1 is 1.31 bits per heavy atom. The third-order valence-electron chi connectivity index (χ3n) is 4.27. The standard InChI is InChI=1S/C22H29FN2O2S2/c1-3-25(4-2)14-20-13-19(16-29-20)27-12-8-7-11-24-22(26)17-28-15-18-9-5-6-10-21(18)23/h5-7,9-11,13,16H,3-4,8,12,14-15,17H2,1-2H3,(H,24,26)/b11-7-. The van der Waals surface area contributed by atoms with E-state index in [1.165, 1.54) is 22.7 Å². The lowest BCUT2D eigenvalue weighted by molar-refractivity contribution is -0.117. The van der Waals surface area contributed by atoms with Crippen LogP contribution in [-0.4, -0.2) is 36.3 Å². The van der Waals surface area contributed by atoms with Crippen molar-refractivity contribution in [3.05, 3.63) is 64.2 Å². The highest BCUT2D eigenvalue weighted by Gasteiger charge is 2.05. The van der Waals surface area contributed by atoms with Gasteiger partial charge in [0, 0.05) is 29.0 Å². The quantitative estimate of drug-likeness (QED) is 0.446. The van der Waals surface area contributed by atoms with Gasteiger partial charge in [0.2, 0.25) is 5.91 Å². The molecule has 4 nitrogen and oxygen atoms in total. The van der Waals surface area contributed by atoms with Gasteiger partial charge in [0.25, 0.3) is 0 Å². The molecule has 1 amide bonds. The molecular weight excluding hydrogens is 407 g/mol. The zero-order valence-corrected chi connectivity index (χ0v) is 18.7. The number of thioether (sulfide) groups is 1. The van der Waals surface area contributed by atoms with Crippen molar-refractivity contribution in [2.24, 2.45) is 0 Å². The fraction of sp³-hybridized carbons (Fsp3) is 0.409. The molecule has 0 fully saturated rings. The molecule has 0 aliphatic carbocycles. The van der Waals surface area contributed by atoms with Crippen molar-refractivity contribution in [2.45, 2.75) is 32.6 Å². The SMILES string of the molecule is CCN(CC)Cc1cc(OCC/C=C\NC(=O)CSCc2ccccc2F)cs1. The molecule has 158 valence electrons. The zero-order chi connectivity index (χ0) is 20.9. The molecule has 1 aromatic heterocycles. The number of nitrogens with zero attached hydrogens (tertiary/aromatic N) is 1. The normalized spacial score (nSPS) is 11.3. The second kappa shape index (κ2) is 13.4. The Balaban J connectivity index is 1.56. The summed E-state index contributed by atoms with van der Waals surface area (Å²) in [6, 6.07) is 8.73. The summed E-state index contributed by atoms with van der Waals surface area (Å²) in [7, 11) is 0. The van der Waals surface area contributed by atoms with E-state index in [0.29, 0.717) is 30.1 Å². The maximum Gasteiger partial charge on any atom is 0.233 e. The first-order valence-electron chi connectivity index (χ1n) is 9.80. The molecule has 1 N–H and O–H groups in total. The molecule has 1 aromatic carbocycles. The van der Waals surface area contributed by atoms with Crippen molar-refractivity contribution in [3.8, 4) is 5.75 Å². The number of carbonyl (C=O) groups is 1. The Morgan fingerprint density at radius 3 is 2.86 bits per heavy atom. The number of benzene rings is 1. The molecule has 0 saturated heterocycles. The fourth-order valence-corrected chi connectivity index (χ4v) is 4.25. The summed E-state index contributed by atoms with van der Waals surface area (Å²) in [6.45, 7) is 7.95. The van der Waals surface area contributed by atoms with Gasteiger partial charge in [-0.15, -0.1) is 23.1 Å². The molecule has 0 unspecified atom stereocenters. The van der Waals surface area contributed by atoms with Crippen LogP contribution in [0.25, 0.3) is 0 Å². The first-order chi connectivity index (χ1) is 14.1. The smallest absolute Gasteiger partial charge is 0.233 e. The Labute approximate surface area is 181 Å².